The van der Waals surface area contributed by atoms with E-state index in [1.807, 2.05) is 24.3 Å². The van der Waals surface area contributed by atoms with E-state index in [0.717, 1.165) is 43.4 Å². The zero-order valence-electron chi connectivity index (χ0n) is 17.1. The molecule has 2 fully saturated rings. The van der Waals surface area contributed by atoms with E-state index in [9.17, 15) is 19.8 Å². The van der Waals surface area contributed by atoms with E-state index in [0.29, 0.717) is 6.54 Å². The van der Waals surface area contributed by atoms with Crippen LogP contribution in [0.4, 0.5) is 10.5 Å². The molecule has 3 amide bonds. The SMILES string of the molecule is O=C(NC[C@H]1O[C@@H](CC(=O)N2CCc3ccccc32)[C@H](O)[C@@H]1O)NC1CCCCC1. The van der Waals surface area contributed by atoms with Crippen LogP contribution in [0, 0.1) is 0 Å². The maximum atomic E-state index is 12.8. The molecule has 1 saturated heterocycles. The minimum Gasteiger partial charge on any atom is -0.388 e. The van der Waals surface area contributed by atoms with Gasteiger partial charge in [0.25, 0.3) is 0 Å². The second-order valence-electron chi connectivity index (χ2n) is 8.51. The number of hydrogen-bond donors (Lipinski definition) is 4. The van der Waals surface area contributed by atoms with Crippen molar-refractivity contribution in [2.75, 3.05) is 18.0 Å². The third kappa shape index (κ3) is 4.61. The Morgan fingerprint density at radius 1 is 1.07 bits per heavy atom. The van der Waals surface area contributed by atoms with E-state index in [1.165, 1.54) is 6.42 Å². The number of fused-ring (bicyclic) bond motifs is 1. The Bertz CT molecular complexity index is 767. The second kappa shape index (κ2) is 9.32. The van der Waals surface area contributed by atoms with Crippen molar-refractivity contribution in [3.63, 3.8) is 0 Å². The zero-order chi connectivity index (χ0) is 21.1. The van der Waals surface area contributed by atoms with E-state index in [1.54, 1.807) is 4.90 Å². The molecule has 0 bridgehead atoms. The first-order valence-corrected chi connectivity index (χ1v) is 11.0. The number of rotatable bonds is 5. The van der Waals surface area contributed by atoms with Crippen molar-refractivity contribution < 1.29 is 24.5 Å². The van der Waals surface area contributed by atoms with Crippen LogP contribution in [0.5, 0.6) is 0 Å². The van der Waals surface area contributed by atoms with Gasteiger partial charge in [-0.3, -0.25) is 4.79 Å². The van der Waals surface area contributed by atoms with Crippen molar-refractivity contribution in [3.8, 4) is 0 Å². The number of para-hydroxylation sites is 1. The molecule has 0 spiro atoms. The molecule has 2 heterocycles. The Morgan fingerprint density at radius 2 is 1.80 bits per heavy atom. The summed E-state index contributed by atoms with van der Waals surface area (Å²) >= 11 is 0. The van der Waals surface area contributed by atoms with Crippen LogP contribution in [-0.4, -0.2) is 65.7 Å². The summed E-state index contributed by atoms with van der Waals surface area (Å²) in [4.78, 5) is 26.6. The van der Waals surface area contributed by atoms with Gasteiger partial charge in [0.2, 0.25) is 5.91 Å². The normalized spacial score (nSPS) is 28.9. The van der Waals surface area contributed by atoms with Crippen molar-refractivity contribution >= 4 is 17.6 Å². The number of aliphatic hydroxyl groups excluding tert-OH is 2. The van der Waals surface area contributed by atoms with E-state index >= 15 is 0 Å². The Balaban J connectivity index is 1.27. The molecule has 0 aromatic heterocycles. The fourth-order valence-corrected chi connectivity index (χ4v) is 4.72. The third-order valence-corrected chi connectivity index (χ3v) is 6.43. The molecule has 0 unspecified atom stereocenters. The van der Waals surface area contributed by atoms with E-state index in [2.05, 4.69) is 10.6 Å². The number of ether oxygens (including phenoxy) is 1. The van der Waals surface area contributed by atoms with Gasteiger partial charge in [0.1, 0.15) is 18.3 Å². The number of benzene rings is 1. The summed E-state index contributed by atoms with van der Waals surface area (Å²) < 4.78 is 5.75. The summed E-state index contributed by atoms with van der Waals surface area (Å²) in [7, 11) is 0. The van der Waals surface area contributed by atoms with Crippen molar-refractivity contribution in [3.05, 3.63) is 29.8 Å². The first-order valence-electron chi connectivity index (χ1n) is 11.0. The minimum absolute atomic E-state index is 0.0165. The van der Waals surface area contributed by atoms with E-state index in [4.69, 9.17) is 4.74 Å². The van der Waals surface area contributed by atoms with Gasteiger partial charge >= 0.3 is 6.03 Å². The monoisotopic (exact) mass is 417 g/mol. The lowest BCUT2D eigenvalue weighted by molar-refractivity contribution is -0.122. The number of anilines is 1. The summed E-state index contributed by atoms with van der Waals surface area (Å²) in [6.45, 7) is 0.684. The summed E-state index contributed by atoms with van der Waals surface area (Å²) in [6, 6.07) is 7.67. The standard InChI is InChI=1S/C22H31N3O5/c26-19(25-11-10-14-6-4-5-9-16(14)25)12-17-20(27)21(28)18(30-17)13-23-22(29)24-15-7-2-1-3-8-15/h4-6,9,15,17-18,20-21,27-28H,1-3,7-8,10-13H2,(H2,23,24,29)/t17-,18+,20-,21+/m0/s1. The molecule has 1 saturated carbocycles. The van der Waals surface area contributed by atoms with Crippen molar-refractivity contribution in [1.29, 1.82) is 0 Å². The molecule has 164 valence electrons. The molecule has 4 rings (SSSR count). The lowest BCUT2D eigenvalue weighted by Crippen LogP contribution is -2.47. The van der Waals surface area contributed by atoms with Gasteiger partial charge in [0.15, 0.2) is 0 Å². The van der Waals surface area contributed by atoms with E-state index in [-0.39, 0.29) is 30.9 Å². The topological polar surface area (TPSA) is 111 Å². The molecule has 0 radical (unpaired) electrons. The number of hydrogen-bond acceptors (Lipinski definition) is 5. The minimum atomic E-state index is -1.17. The van der Waals surface area contributed by atoms with Crippen molar-refractivity contribution in [2.24, 2.45) is 0 Å². The molecule has 1 aromatic rings. The maximum Gasteiger partial charge on any atom is 0.315 e. The zero-order valence-corrected chi connectivity index (χ0v) is 17.1. The number of nitrogens with one attached hydrogen (secondary N) is 2. The van der Waals surface area contributed by atoms with Crippen LogP contribution in [-0.2, 0) is 16.0 Å². The molecular weight excluding hydrogens is 386 g/mol. The van der Waals surface area contributed by atoms with Crippen LogP contribution in [0.1, 0.15) is 44.1 Å². The fourth-order valence-electron chi connectivity index (χ4n) is 4.72. The van der Waals surface area contributed by atoms with Gasteiger partial charge in [-0.2, -0.15) is 0 Å². The van der Waals surface area contributed by atoms with Gasteiger partial charge in [-0.05, 0) is 30.9 Å². The smallest absolute Gasteiger partial charge is 0.315 e. The number of amides is 3. The highest BCUT2D eigenvalue weighted by molar-refractivity contribution is 5.95. The average molecular weight is 418 g/mol. The van der Waals surface area contributed by atoms with Gasteiger partial charge in [0, 0.05) is 24.8 Å². The molecule has 30 heavy (non-hydrogen) atoms. The lowest BCUT2D eigenvalue weighted by atomic mass is 9.96. The average Bonchev–Trinajstić information content (AvgIpc) is 3.30. The Kier molecular flexibility index (Phi) is 6.55. The number of carbonyl (C=O) groups is 2. The van der Waals surface area contributed by atoms with Crippen molar-refractivity contribution in [1.82, 2.24) is 10.6 Å². The van der Waals surface area contributed by atoms with Gasteiger partial charge in [0.05, 0.1) is 12.5 Å². The van der Waals surface area contributed by atoms with Gasteiger partial charge in [-0.1, -0.05) is 37.5 Å². The summed E-state index contributed by atoms with van der Waals surface area (Å²) in [6.07, 6.45) is 2.36. The van der Waals surface area contributed by atoms with Crippen LogP contribution in [0.3, 0.4) is 0 Å². The first-order chi connectivity index (χ1) is 14.5. The molecule has 1 aliphatic carbocycles. The molecule has 8 nitrogen and oxygen atoms in total. The summed E-state index contributed by atoms with van der Waals surface area (Å²) in [5, 5.41) is 26.4. The Morgan fingerprint density at radius 3 is 2.60 bits per heavy atom. The van der Waals surface area contributed by atoms with Crippen LogP contribution >= 0.6 is 0 Å². The van der Waals surface area contributed by atoms with Gasteiger partial charge in [-0.15, -0.1) is 0 Å². The van der Waals surface area contributed by atoms with Crippen LogP contribution in [0.2, 0.25) is 0 Å². The number of carbonyl (C=O) groups excluding carboxylic acids is 2. The molecule has 4 N–H and O–H groups in total. The molecule has 3 aliphatic rings. The number of aliphatic hydroxyl groups is 2. The fraction of sp³-hybridized carbons (Fsp3) is 0.636. The quantitative estimate of drug-likeness (QED) is 0.573. The molecule has 8 heteroatoms. The molecule has 4 atom stereocenters. The number of urea groups is 1. The first kappa shape index (κ1) is 21.1. The second-order valence-corrected chi connectivity index (χ2v) is 8.51. The Hall–Kier alpha value is -2.16. The van der Waals surface area contributed by atoms with Crippen LogP contribution in [0.25, 0.3) is 0 Å². The largest absolute Gasteiger partial charge is 0.388 e. The van der Waals surface area contributed by atoms with Gasteiger partial charge < -0.3 is 30.5 Å². The lowest BCUT2D eigenvalue weighted by Gasteiger charge is -2.23. The van der Waals surface area contributed by atoms with E-state index < -0.39 is 24.4 Å². The van der Waals surface area contributed by atoms with Crippen LogP contribution in [0.15, 0.2) is 24.3 Å². The molecule has 1 aromatic carbocycles. The summed E-state index contributed by atoms with van der Waals surface area (Å²) in [5.74, 6) is -0.139. The highest BCUT2D eigenvalue weighted by Gasteiger charge is 2.44. The molecular formula is C22H31N3O5. The number of nitrogens with zero attached hydrogens (tertiary/aromatic N) is 1. The Labute approximate surface area is 176 Å². The van der Waals surface area contributed by atoms with Gasteiger partial charge in [-0.25, -0.2) is 4.79 Å². The van der Waals surface area contributed by atoms with Crippen molar-refractivity contribution in [2.45, 2.75) is 75.4 Å². The maximum absolute atomic E-state index is 12.8. The van der Waals surface area contributed by atoms with Crippen LogP contribution < -0.4 is 15.5 Å². The third-order valence-electron chi connectivity index (χ3n) is 6.43. The highest BCUT2D eigenvalue weighted by atomic mass is 16.5. The predicted octanol–water partition coefficient (Wildman–Crippen LogP) is 1.09. The highest BCUT2D eigenvalue weighted by Crippen LogP contribution is 2.30. The molecule has 2 aliphatic heterocycles. The summed E-state index contributed by atoms with van der Waals surface area (Å²) in [5.41, 5.74) is 2.03. The predicted molar refractivity (Wildman–Crippen MR) is 111 cm³/mol.